The van der Waals surface area contributed by atoms with Crippen LogP contribution < -0.4 is 0 Å². The number of benzene rings is 1. The number of carbonyl (C=O) groups excluding carboxylic acids is 4. The lowest BCUT2D eigenvalue weighted by Gasteiger charge is -2.63. The fraction of sp³-hybridized carbons (Fsp3) is 0.643. The Bertz CT molecular complexity index is 1100. The van der Waals surface area contributed by atoms with Crippen molar-refractivity contribution in [3.05, 3.63) is 35.9 Å². The number of rotatable bonds is 6. The predicted molar refractivity (Wildman–Crippen MR) is 132 cm³/mol. The predicted octanol–water partition coefficient (Wildman–Crippen LogP) is 2.59. The first-order chi connectivity index (χ1) is 17.8. The standard InChI is InChI=1S/C28H36O10/c1-15-12-21(35-17(3)30)23(32)27(14-34-16(2)29)22(37-25(33)19-10-8-7-9-11-19)13-20-24(36-18(4)31)28(15,27)38-26(20,5)6/h7-11,15,20-24,32H,12-14H2,1-6H3/t15-,20-,21+,22+,23+,24-,27-,28-/m0/s1. The Morgan fingerprint density at radius 3 is 2.16 bits per heavy atom. The van der Waals surface area contributed by atoms with E-state index in [1.54, 1.807) is 30.3 Å². The summed E-state index contributed by atoms with van der Waals surface area (Å²) < 4.78 is 29.9. The van der Waals surface area contributed by atoms with E-state index >= 15 is 0 Å². The number of hydrogen-bond donors (Lipinski definition) is 1. The maximum absolute atomic E-state index is 13.3. The molecule has 1 N–H and O–H groups in total. The maximum atomic E-state index is 13.3. The first kappa shape index (κ1) is 28.0. The Morgan fingerprint density at radius 2 is 1.58 bits per heavy atom. The smallest absolute Gasteiger partial charge is 0.338 e. The minimum absolute atomic E-state index is 0.142. The first-order valence-corrected chi connectivity index (χ1v) is 12.9. The minimum Gasteiger partial charge on any atom is -0.465 e. The van der Waals surface area contributed by atoms with Gasteiger partial charge in [-0.05, 0) is 44.7 Å². The van der Waals surface area contributed by atoms with Crippen LogP contribution in [0.4, 0.5) is 0 Å². The van der Waals surface area contributed by atoms with Gasteiger partial charge in [0.1, 0.15) is 42.0 Å². The molecular weight excluding hydrogens is 496 g/mol. The van der Waals surface area contributed by atoms with Crippen molar-refractivity contribution in [2.75, 3.05) is 6.61 Å². The lowest BCUT2D eigenvalue weighted by atomic mass is 9.48. The summed E-state index contributed by atoms with van der Waals surface area (Å²) in [5.74, 6) is -3.28. The number of fused-ring (bicyclic) bond motifs is 1. The van der Waals surface area contributed by atoms with Crippen molar-refractivity contribution in [3.8, 4) is 0 Å². The molecule has 3 aliphatic rings. The highest BCUT2D eigenvalue weighted by Gasteiger charge is 2.81. The number of ether oxygens (including phenoxy) is 5. The Kier molecular flexibility index (Phi) is 7.35. The summed E-state index contributed by atoms with van der Waals surface area (Å²) in [4.78, 5) is 49.8. The van der Waals surface area contributed by atoms with E-state index in [1.807, 2.05) is 20.8 Å². The van der Waals surface area contributed by atoms with E-state index in [2.05, 4.69) is 0 Å². The molecule has 2 aliphatic carbocycles. The summed E-state index contributed by atoms with van der Waals surface area (Å²) in [6.45, 7) is 8.91. The van der Waals surface area contributed by atoms with Crippen LogP contribution in [0, 0.1) is 17.3 Å². The first-order valence-electron chi connectivity index (χ1n) is 12.9. The van der Waals surface area contributed by atoms with Crippen LogP contribution >= 0.6 is 0 Å². The number of aliphatic hydroxyl groups excluding tert-OH is 1. The molecule has 208 valence electrons. The van der Waals surface area contributed by atoms with E-state index in [1.165, 1.54) is 20.8 Å². The summed E-state index contributed by atoms with van der Waals surface area (Å²) in [5.41, 5.74) is -3.63. The van der Waals surface area contributed by atoms with Crippen molar-refractivity contribution in [2.24, 2.45) is 17.3 Å². The van der Waals surface area contributed by atoms with Crippen LogP contribution in [0.25, 0.3) is 0 Å². The molecular formula is C28H36O10. The van der Waals surface area contributed by atoms with Crippen LogP contribution in [0.2, 0.25) is 0 Å². The molecule has 4 rings (SSSR count). The van der Waals surface area contributed by atoms with Gasteiger partial charge in [0.05, 0.1) is 11.2 Å². The van der Waals surface area contributed by atoms with Gasteiger partial charge in [0.25, 0.3) is 0 Å². The Morgan fingerprint density at radius 1 is 0.947 bits per heavy atom. The van der Waals surface area contributed by atoms with Crippen molar-refractivity contribution in [2.45, 2.75) is 90.0 Å². The molecule has 0 radical (unpaired) electrons. The van der Waals surface area contributed by atoms with Gasteiger partial charge >= 0.3 is 23.9 Å². The highest BCUT2D eigenvalue weighted by atomic mass is 16.6. The SMILES string of the molecule is CC(=O)OC[C@]12[C@H](O)[C@H](OC(C)=O)C[C@H](C)[C@@]13OC(C)(C)[C@@H](C[C@H]2OC(=O)c1ccccc1)[C@@H]3OC(C)=O. The number of carbonyl (C=O) groups is 4. The van der Waals surface area contributed by atoms with Crippen LogP contribution in [-0.4, -0.2) is 71.2 Å². The molecule has 2 saturated carbocycles. The van der Waals surface area contributed by atoms with Crippen LogP contribution in [0.1, 0.15) is 64.7 Å². The molecule has 1 aromatic rings. The number of aliphatic hydroxyl groups is 1. The van der Waals surface area contributed by atoms with Crippen molar-refractivity contribution >= 4 is 23.9 Å². The van der Waals surface area contributed by atoms with Gasteiger partial charge < -0.3 is 28.8 Å². The highest BCUT2D eigenvalue weighted by Crippen LogP contribution is 2.67. The molecule has 0 aromatic heterocycles. The Balaban J connectivity index is 1.93. The molecule has 1 saturated heterocycles. The maximum Gasteiger partial charge on any atom is 0.338 e. The summed E-state index contributed by atoms with van der Waals surface area (Å²) in [7, 11) is 0. The summed E-state index contributed by atoms with van der Waals surface area (Å²) in [6.07, 6.45) is -4.05. The molecule has 1 aromatic carbocycles. The van der Waals surface area contributed by atoms with Gasteiger partial charge in [-0.3, -0.25) is 14.4 Å². The zero-order chi connectivity index (χ0) is 28.0. The zero-order valence-corrected chi connectivity index (χ0v) is 22.6. The third kappa shape index (κ3) is 4.37. The molecule has 0 amide bonds. The van der Waals surface area contributed by atoms with E-state index in [-0.39, 0.29) is 12.8 Å². The monoisotopic (exact) mass is 532 g/mol. The third-order valence-corrected chi connectivity index (χ3v) is 8.46. The lowest BCUT2D eigenvalue weighted by Crippen LogP contribution is -2.78. The summed E-state index contributed by atoms with van der Waals surface area (Å²) in [6, 6.07) is 8.39. The molecule has 2 bridgehead atoms. The summed E-state index contributed by atoms with van der Waals surface area (Å²) in [5, 5.41) is 12.0. The van der Waals surface area contributed by atoms with Crippen molar-refractivity contribution in [3.63, 3.8) is 0 Å². The van der Waals surface area contributed by atoms with Crippen LogP contribution in [0.5, 0.6) is 0 Å². The molecule has 10 heteroatoms. The second kappa shape index (κ2) is 9.96. The molecule has 10 nitrogen and oxygen atoms in total. The average molecular weight is 533 g/mol. The number of esters is 4. The molecule has 38 heavy (non-hydrogen) atoms. The molecule has 3 fully saturated rings. The van der Waals surface area contributed by atoms with Crippen molar-refractivity contribution in [1.29, 1.82) is 0 Å². The lowest BCUT2D eigenvalue weighted by molar-refractivity contribution is -0.317. The average Bonchev–Trinajstić information content (AvgIpc) is 2.99. The van der Waals surface area contributed by atoms with E-state index in [4.69, 9.17) is 23.7 Å². The second-order valence-electron chi connectivity index (χ2n) is 11.2. The molecule has 1 spiro atoms. The highest BCUT2D eigenvalue weighted by molar-refractivity contribution is 5.89. The normalized spacial score (nSPS) is 36.9. The quantitative estimate of drug-likeness (QED) is 0.430. The number of hydrogen-bond acceptors (Lipinski definition) is 10. The fourth-order valence-corrected chi connectivity index (χ4v) is 7.05. The van der Waals surface area contributed by atoms with Crippen molar-refractivity contribution < 1.29 is 48.0 Å². The zero-order valence-electron chi connectivity index (χ0n) is 22.6. The topological polar surface area (TPSA) is 135 Å². The largest absolute Gasteiger partial charge is 0.465 e. The van der Waals surface area contributed by atoms with Gasteiger partial charge in [0, 0.05) is 26.7 Å². The van der Waals surface area contributed by atoms with E-state index in [0.29, 0.717) is 5.56 Å². The van der Waals surface area contributed by atoms with E-state index < -0.39 is 83.4 Å². The molecule has 0 unspecified atom stereocenters. The fourth-order valence-electron chi connectivity index (χ4n) is 7.05. The molecule has 1 heterocycles. The van der Waals surface area contributed by atoms with Gasteiger partial charge in [-0.1, -0.05) is 25.1 Å². The Hall–Kier alpha value is -2.98. The van der Waals surface area contributed by atoms with Crippen LogP contribution in [0.3, 0.4) is 0 Å². The van der Waals surface area contributed by atoms with Gasteiger partial charge in [0.2, 0.25) is 0 Å². The second-order valence-corrected chi connectivity index (χ2v) is 11.2. The van der Waals surface area contributed by atoms with Crippen LogP contribution in [0.15, 0.2) is 30.3 Å². The van der Waals surface area contributed by atoms with E-state index in [9.17, 15) is 24.3 Å². The van der Waals surface area contributed by atoms with Gasteiger partial charge in [-0.25, -0.2) is 4.79 Å². The van der Waals surface area contributed by atoms with Gasteiger partial charge in [0.15, 0.2) is 0 Å². The van der Waals surface area contributed by atoms with Crippen LogP contribution in [-0.2, 0) is 38.1 Å². The molecule has 8 atom stereocenters. The summed E-state index contributed by atoms with van der Waals surface area (Å²) >= 11 is 0. The molecule has 1 aliphatic heterocycles. The Labute approximate surface area is 221 Å². The van der Waals surface area contributed by atoms with E-state index in [0.717, 1.165) is 0 Å². The minimum atomic E-state index is -1.63. The third-order valence-electron chi connectivity index (χ3n) is 8.46. The van der Waals surface area contributed by atoms with Crippen molar-refractivity contribution in [1.82, 2.24) is 0 Å². The van der Waals surface area contributed by atoms with Gasteiger partial charge in [-0.2, -0.15) is 0 Å². The van der Waals surface area contributed by atoms with Gasteiger partial charge in [-0.15, -0.1) is 0 Å².